The van der Waals surface area contributed by atoms with Crippen LogP contribution < -0.4 is 10.6 Å². The number of rotatable bonds is 8. The minimum absolute atomic E-state index is 0.0240. The maximum absolute atomic E-state index is 13.3. The van der Waals surface area contributed by atoms with Gasteiger partial charge < -0.3 is 10.6 Å². The van der Waals surface area contributed by atoms with Crippen LogP contribution in [0, 0.1) is 5.82 Å². The third-order valence-corrected chi connectivity index (χ3v) is 5.30. The first-order valence-corrected chi connectivity index (χ1v) is 10.8. The first-order valence-electron chi connectivity index (χ1n) is 10.8. The topological polar surface area (TPSA) is 76.0 Å². The van der Waals surface area contributed by atoms with Gasteiger partial charge in [-0.3, -0.25) is 9.59 Å². The maximum Gasteiger partial charge on any atom is 0.255 e. The van der Waals surface area contributed by atoms with E-state index in [2.05, 4.69) is 15.7 Å². The first kappa shape index (κ1) is 23.2. The van der Waals surface area contributed by atoms with Crippen LogP contribution in [0.4, 0.5) is 4.39 Å². The summed E-state index contributed by atoms with van der Waals surface area (Å²) < 4.78 is 15.0. The summed E-state index contributed by atoms with van der Waals surface area (Å²) >= 11 is 0. The lowest BCUT2D eigenvalue weighted by molar-refractivity contribution is 0.0936. The van der Waals surface area contributed by atoms with E-state index < -0.39 is 0 Å². The molecule has 3 aromatic rings. The first-order chi connectivity index (χ1) is 15.3. The fourth-order valence-electron chi connectivity index (χ4n) is 3.39. The van der Waals surface area contributed by atoms with Crippen LogP contribution in [-0.2, 0) is 6.54 Å². The van der Waals surface area contributed by atoms with Gasteiger partial charge in [0.15, 0.2) is 0 Å². The predicted octanol–water partition coefficient (Wildman–Crippen LogP) is 4.59. The van der Waals surface area contributed by atoms with E-state index in [4.69, 9.17) is 0 Å². The summed E-state index contributed by atoms with van der Waals surface area (Å²) in [6.45, 7) is 8.21. The highest BCUT2D eigenvalue weighted by Gasteiger charge is 2.21. The van der Waals surface area contributed by atoms with Gasteiger partial charge in [-0.25, -0.2) is 9.07 Å². The average molecular weight is 437 g/mol. The predicted molar refractivity (Wildman–Crippen MR) is 122 cm³/mol. The normalized spacial score (nSPS) is 11.9. The molecule has 0 aliphatic rings. The van der Waals surface area contributed by atoms with E-state index in [0.717, 1.165) is 17.7 Å². The number of hydrogen-bond acceptors (Lipinski definition) is 3. The van der Waals surface area contributed by atoms with Crippen molar-refractivity contribution in [2.45, 2.75) is 52.6 Å². The molecule has 0 fully saturated rings. The number of benzene rings is 2. The smallest absolute Gasteiger partial charge is 0.255 e. The third kappa shape index (κ3) is 5.41. The standard InChI is InChI=1S/C25H29FN4O2/c1-5-17(4)29-24(31)19-8-6-7-18(13-19)14-27-25(32)22-15-28-30(23(22)16(2)3)21-11-9-20(26)10-12-21/h6-13,15-17H,5,14H2,1-4H3,(H,27,32)(H,29,31). The summed E-state index contributed by atoms with van der Waals surface area (Å²) in [6.07, 6.45) is 2.38. The second kappa shape index (κ2) is 10.2. The molecule has 0 saturated carbocycles. The summed E-state index contributed by atoms with van der Waals surface area (Å²) in [4.78, 5) is 25.3. The molecule has 168 valence electrons. The Morgan fingerprint density at radius 2 is 1.78 bits per heavy atom. The van der Waals surface area contributed by atoms with Gasteiger partial charge in [0.1, 0.15) is 5.82 Å². The van der Waals surface area contributed by atoms with Crippen molar-refractivity contribution in [3.63, 3.8) is 0 Å². The third-order valence-electron chi connectivity index (χ3n) is 5.30. The molecular formula is C25H29FN4O2. The van der Waals surface area contributed by atoms with E-state index >= 15 is 0 Å². The highest BCUT2D eigenvalue weighted by molar-refractivity contribution is 5.96. The monoisotopic (exact) mass is 436 g/mol. The molecule has 1 aromatic heterocycles. The summed E-state index contributed by atoms with van der Waals surface area (Å²) in [5, 5.41) is 10.2. The fraction of sp³-hybridized carbons (Fsp3) is 0.320. The molecule has 1 heterocycles. The van der Waals surface area contributed by atoms with Gasteiger partial charge in [0.25, 0.3) is 11.8 Å². The van der Waals surface area contributed by atoms with Gasteiger partial charge >= 0.3 is 0 Å². The molecule has 2 amide bonds. The molecule has 1 atom stereocenters. The molecule has 7 heteroatoms. The molecule has 0 aliphatic carbocycles. The lowest BCUT2D eigenvalue weighted by Crippen LogP contribution is -2.32. The Balaban J connectivity index is 1.75. The van der Waals surface area contributed by atoms with Crippen LogP contribution in [0.2, 0.25) is 0 Å². The summed E-state index contributed by atoms with van der Waals surface area (Å²) in [5.74, 6) is -0.687. The zero-order chi connectivity index (χ0) is 23.3. The Bertz CT molecular complexity index is 1090. The highest BCUT2D eigenvalue weighted by Crippen LogP contribution is 2.23. The lowest BCUT2D eigenvalue weighted by atomic mass is 10.0. The minimum Gasteiger partial charge on any atom is -0.350 e. The minimum atomic E-state index is -0.329. The van der Waals surface area contributed by atoms with E-state index in [0.29, 0.717) is 16.8 Å². The van der Waals surface area contributed by atoms with Crippen LogP contribution in [0.25, 0.3) is 5.69 Å². The number of carbonyl (C=O) groups is 2. The number of nitrogens with one attached hydrogen (secondary N) is 2. The second-order valence-corrected chi connectivity index (χ2v) is 8.15. The molecule has 0 radical (unpaired) electrons. The zero-order valence-corrected chi connectivity index (χ0v) is 18.9. The quantitative estimate of drug-likeness (QED) is 0.542. The van der Waals surface area contributed by atoms with Crippen molar-refractivity contribution in [1.82, 2.24) is 20.4 Å². The number of nitrogens with zero attached hydrogens (tertiary/aromatic N) is 2. The number of halogens is 1. The SMILES string of the molecule is CCC(C)NC(=O)c1cccc(CNC(=O)c2cnn(-c3ccc(F)cc3)c2C(C)C)c1. The van der Waals surface area contributed by atoms with E-state index in [9.17, 15) is 14.0 Å². The Morgan fingerprint density at radius 3 is 2.44 bits per heavy atom. The van der Waals surface area contributed by atoms with Gasteiger partial charge in [0.05, 0.1) is 23.1 Å². The van der Waals surface area contributed by atoms with Gasteiger partial charge in [-0.15, -0.1) is 0 Å². The van der Waals surface area contributed by atoms with Gasteiger partial charge in [-0.1, -0.05) is 32.9 Å². The number of amides is 2. The Labute approximate surface area is 187 Å². The fourth-order valence-corrected chi connectivity index (χ4v) is 3.39. The lowest BCUT2D eigenvalue weighted by Gasteiger charge is -2.14. The van der Waals surface area contributed by atoms with Gasteiger partial charge in [-0.2, -0.15) is 5.10 Å². The van der Waals surface area contributed by atoms with Gasteiger partial charge in [0.2, 0.25) is 0 Å². The maximum atomic E-state index is 13.3. The second-order valence-electron chi connectivity index (χ2n) is 8.15. The van der Waals surface area contributed by atoms with Crippen LogP contribution in [0.15, 0.2) is 54.7 Å². The zero-order valence-electron chi connectivity index (χ0n) is 18.9. The number of hydrogen-bond donors (Lipinski definition) is 2. The summed E-state index contributed by atoms with van der Waals surface area (Å²) in [6, 6.07) is 13.3. The van der Waals surface area contributed by atoms with E-state index in [1.165, 1.54) is 18.3 Å². The molecule has 6 nitrogen and oxygen atoms in total. The van der Waals surface area contributed by atoms with Crippen molar-refractivity contribution >= 4 is 11.8 Å². The molecule has 32 heavy (non-hydrogen) atoms. The van der Waals surface area contributed by atoms with Gasteiger partial charge in [0, 0.05) is 18.2 Å². The largest absolute Gasteiger partial charge is 0.350 e. The summed E-state index contributed by atoms with van der Waals surface area (Å²) in [5.41, 5.74) is 3.29. The van der Waals surface area contributed by atoms with E-state index in [-0.39, 0.29) is 36.1 Å². The Morgan fingerprint density at radius 1 is 1.06 bits per heavy atom. The molecule has 3 rings (SSSR count). The molecule has 2 N–H and O–H groups in total. The van der Waals surface area contributed by atoms with Crippen LogP contribution in [0.3, 0.4) is 0 Å². The van der Waals surface area contributed by atoms with Crippen LogP contribution >= 0.6 is 0 Å². The molecule has 1 unspecified atom stereocenters. The molecule has 2 aromatic carbocycles. The van der Waals surface area contributed by atoms with Crippen molar-refractivity contribution in [3.05, 3.63) is 82.9 Å². The van der Waals surface area contributed by atoms with Crippen molar-refractivity contribution in [2.24, 2.45) is 0 Å². The molecule has 0 spiro atoms. The Hall–Kier alpha value is -3.48. The molecule has 0 bridgehead atoms. The summed E-state index contributed by atoms with van der Waals surface area (Å²) in [7, 11) is 0. The average Bonchev–Trinajstić information content (AvgIpc) is 3.23. The van der Waals surface area contributed by atoms with Crippen molar-refractivity contribution < 1.29 is 14.0 Å². The van der Waals surface area contributed by atoms with E-state index in [1.807, 2.05) is 33.8 Å². The van der Waals surface area contributed by atoms with Crippen LogP contribution in [0.1, 0.15) is 72.0 Å². The van der Waals surface area contributed by atoms with Crippen molar-refractivity contribution in [3.8, 4) is 5.69 Å². The molecule has 0 saturated heterocycles. The highest BCUT2D eigenvalue weighted by atomic mass is 19.1. The van der Waals surface area contributed by atoms with Crippen LogP contribution in [-0.4, -0.2) is 27.6 Å². The van der Waals surface area contributed by atoms with Crippen LogP contribution in [0.5, 0.6) is 0 Å². The Kier molecular flexibility index (Phi) is 7.41. The number of aromatic nitrogens is 2. The molecule has 0 aliphatic heterocycles. The van der Waals surface area contributed by atoms with Gasteiger partial charge in [-0.05, 0) is 61.2 Å². The van der Waals surface area contributed by atoms with Crippen molar-refractivity contribution in [1.29, 1.82) is 0 Å². The molecular weight excluding hydrogens is 407 g/mol. The van der Waals surface area contributed by atoms with E-state index in [1.54, 1.807) is 35.0 Å². The van der Waals surface area contributed by atoms with Crippen molar-refractivity contribution in [2.75, 3.05) is 0 Å². The number of carbonyl (C=O) groups excluding carboxylic acids is 2.